The van der Waals surface area contributed by atoms with Gasteiger partial charge in [0.15, 0.2) is 0 Å². The molecule has 3 rings (SSSR count). The second-order valence-corrected chi connectivity index (χ2v) is 8.41. The SMILES string of the molecule is CC(C)(C)C(NC(=O)C(F)(F)F)C(=O)N1C[C@H]2[C@@H]([C@H]1C(=O)O)C21CC1. The molecule has 2 amide bonds. The highest BCUT2D eigenvalue weighted by Gasteiger charge is 2.79. The van der Waals surface area contributed by atoms with E-state index in [0.717, 1.165) is 17.7 Å². The maximum absolute atomic E-state index is 12.8. The van der Waals surface area contributed by atoms with Crippen molar-refractivity contribution in [2.75, 3.05) is 6.54 Å². The molecule has 1 spiro atoms. The maximum Gasteiger partial charge on any atom is 0.471 e. The Hall–Kier alpha value is -1.80. The summed E-state index contributed by atoms with van der Waals surface area (Å²) in [4.78, 5) is 37.0. The van der Waals surface area contributed by atoms with Crippen LogP contribution in [0.15, 0.2) is 0 Å². The first kappa shape index (κ1) is 18.0. The lowest BCUT2D eigenvalue weighted by Crippen LogP contribution is -2.59. The number of nitrogens with zero attached hydrogens (tertiary/aromatic N) is 1. The number of aliphatic carboxylic acids is 1. The Morgan fingerprint density at radius 3 is 2.16 bits per heavy atom. The highest BCUT2D eigenvalue weighted by Crippen LogP contribution is 2.78. The number of carboxylic acid groups (broad SMARTS) is 1. The molecule has 2 aliphatic carbocycles. The average molecular weight is 362 g/mol. The van der Waals surface area contributed by atoms with Crippen molar-refractivity contribution in [3.63, 3.8) is 0 Å². The van der Waals surface area contributed by atoms with E-state index in [-0.39, 0.29) is 23.8 Å². The number of carboxylic acids is 1. The van der Waals surface area contributed by atoms with E-state index in [0.29, 0.717) is 0 Å². The van der Waals surface area contributed by atoms with Gasteiger partial charge in [-0.3, -0.25) is 9.59 Å². The van der Waals surface area contributed by atoms with Gasteiger partial charge in [-0.05, 0) is 29.6 Å². The van der Waals surface area contributed by atoms with Gasteiger partial charge in [0.1, 0.15) is 12.1 Å². The Morgan fingerprint density at radius 1 is 1.20 bits per heavy atom. The summed E-state index contributed by atoms with van der Waals surface area (Å²) in [6.07, 6.45) is -3.22. The molecule has 0 radical (unpaired) electrons. The van der Waals surface area contributed by atoms with Gasteiger partial charge in [-0.1, -0.05) is 20.8 Å². The number of rotatable bonds is 3. The molecule has 3 fully saturated rings. The summed E-state index contributed by atoms with van der Waals surface area (Å²) in [6, 6.07) is -2.47. The molecule has 140 valence electrons. The summed E-state index contributed by atoms with van der Waals surface area (Å²) in [5.74, 6) is -4.11. The number of piperidine rings is 1. The number of likely N-dealkylation sites (tertiary alicyclic amines) is 1. The van der Waals surface area contributed by atoms with Gasteiger partial charge in [0.05, 0.1) is 0 Å². The second kappa shape index (κ2) is 5.11. The van der Waals surface area contributed by atoms with Gasteiger partial charge in [0.2, 0.25) is 5.91 Å². The summed E-state index contributed by atoms with van der Waals surface area (Å²) >= 11 is 0. The van der Waals surface area contributed by atoms with Crippen molar-refractivity contribution in [2.45, 2.75) is 51.9 Å². The highest BCUT2D eigenvalue weighted by molar-refractivity contribution is 5.93. The molecule has 1 heterocycles. The van der Waals surface area contributed by atoms with Gasteiger partial charge < -0.3 is 15.3 Å². The van der Waals surface area contributed by atoms with E-state index in [1.165, 1.54) is 20.8 Å². The van der Waals surface area contributed by atoms with Gasteiger partial charge in [0, 0.05) is 12.5 Å². The first-order valence-electron chi connectivity index (χ1n) is 8.22. The molecule has 0 aromatic rings. The standard InChI is InChI=1S/C16H21F3N2O4/c1-14(2,3)10(20-13(25)16(17,18)19)11(22)21-6-7-8(9(21)12(23)24)15(7)4-5-15/h7-10H,4-6H2,1-3H3,(H,20,25)(H,23,24)/t7-,8-,9-,10?/m0/s1. The molecule has 1 aliphatic heterocycles. The van der Waals surface area contributed by atoms with Crippen LogP contribution in [0.5, 0.6) is 0 Å². The fourth-order valence-electron chi connectivity index (χ4n) is 4.35. The van der Waals surface area contributed by atoms with Crippen molar-refractivity contribution in [3.05, 3.63) is 0 Å². The van der Waals surface area contributed by atoms with Gasteiger partial charge in [0.25, 0.3) is 0 Å². The van der Waals surface area contributed by atoms with Crippen LogP contribution in [0.25, 0.3) is 0 Å². The Balaban J connectivity index is 1.81. The third kappa shape index (κ3) is 2.77. The quantitative estimate of drug-likeness (QED) is 0.795. The Kier molecular flexibility index (Phi) is 3.68. The Labute approximate surface area is 142 Å². The number of halogens is 3. The molecular weight excluding hydrogens is 341 g/mol. The van der Waals surface area contributed by atoms with E-state index >= 15 is 0 Å². The van der Waals surface area contributed by atoms with E-state index in [1.54, 1.807) is 5.32 Å². The minimum atomic E-state index is -5.11. The second-order valence-electron chi connectivity index (χ2n) is 8.41. The summed E-state index contributed by atoms with van der Waals surface area (Å²) in [6.45, 7) is 4.82. The van der Waals surface area contributed by atoms with E-state index in [2.05, 4.69) is 0 Å². The highest BCUT2D eigenvalue weighted by atomic mass is 19.4. The van der Waals surface area contributed by atoms with Crippen LogP contribution in [0.3, 0.4) is 0 Å². The minimum Gasteiger partial charge on any atom is -0.480 e. The van der Waals surface area contributed by atoms with Crippen LogP contribution in [-0.2, 0) is 14.4 Å². The molecule has 1 unspecified atom stereocenters. The van der Waals surface area contributed by atoms with Gasteiger partial charge in [-0.2, -0.15) is 13.2 Å². The average Bonchev–Trinajstić information content (AvgIpc) is 3.30. The lowest BCUT2D eigenvalue weighted by molar-refractivity contribution is -0.176. The van der Waals surface area contributed by atoms with Crippen molar-refractivity contribution >= 4 is 17.8 Å². The number of carbonyl (C=O) groups is 3. The number of hydrogen-bond acceptors (Lipinski definition) is 3. The molecule has 2 N–H and O–H groups in total. The van der Waals surface area contributed by atoms with Crippen molar-refractivity contribution in [1.82, 2.24) is 10.2 Å². The number of nitrogens with one attached hydrogen (secondary N) is 1. The molecule has 0 aromatic heterocycles. The number of carbonyl (C=O) groups excluding carboxylic acids is 2. The Bertz CT molecular complexity index is 636. The third-order valence-electron chi connectivity index (χ3n) is 5.81. The zero-order valence-corrected chi connectivity index (χ0v) is 14.2. The minimum absolute atomic E-state index is 0.0340. The number of alkyl halides is 3. The normalized spacial score (nSPS) is 30.6. The molecular formula is C16H21F3N2O4. The predicted octanol–water partition coefficient (Wildman–Crippen LogP) is 1.40. The summed E-state index contributed by atoms with van der Waals surface area (Å²) in [7, 11) is 0. The largest absolute Gasteiger partial charge is 0.480 e. The number of amides is 2. The van der Waals surface area contributed by atoms with Gasteiger partial charge >= 0.3 is 18.1 Å². The number of fused-ring (bicyclic) bond motifs is 3. The summed E-state index contributed by atoms with van der Waals surface area (Å²) in [5, 5.41) is 11.3. The van der Waals surface area contributed by atoms with Crippen molar-refractivity contribution in [2.24, 2.45) is 22.7 Å². The van der Waals surface area contributed by atoms with Crippen LogP contribution < -0.4 is 5.32 Å². The molecule has 3 aliphatic rings. The Morgan fingerprint density at radius 2 is 1.76 bits per heavy atom. The van der Waals surface area contributed by atoms with E-state index in [1.807, 2.05) is 0 Å². The fraction of sp³-hybridized carbons (Fsp3) is 0.812. The topological polar surface area (TPSA) is 86.7 Å². The molecule has 1 saturated heterocycles. The van der Waals surface area contributed by atoms with E-state index in [9.17, 15) is 32.7 Å². The number of hydrogen-bond donors (Lipinski definition) is 2. The lowest BCUT2D eigenvalue weighted by Gasteiger charge is -2.36. The molecule has 0 aromatic carbocycles. The van der Waals surface area contributed by atoms with Crippen LogP contribution in [0.1, 0.15) is 33.6 Å². The monoisotopic (exact) mass is 362 g/mol. The van der Waals surface area contributed by atoms with Crippen molar-refractivity contribution in [3.8, 4) is 0 Å². The van der Waals surface area contributed by atoms with Crippen LogP contribution in [0, 0.1) is 22.7 Å². The van der Waals surface area contributed by atoms with Crippen molar-refractivity contribution < 1.29 is 32.7 Å². The van der Waals surface area contributed by atoms with Gasteiger partial charge in [-0.25, -0.2) is 4.79 Å². The third-order valence-corrected chi connectivity index (χ3v) is 5.81. The van der Waals surface area contributed by atoms with E-state index < -0.39 is 41.5 Å². The molecule has 6 nitrogen and oxygen atoms in total. The van der Waals surface area contributed by atoms with Crippen LogP contribution in [-0.4, -0.2) is 52.6 Å². The van der Waals surface area contributed by atoms with Crippen LogP contribution in [0.4, 0.5) is 13.2 Å². The zero-order chi connectivity index (χ0) is 18.9. The molecule has 25 heavy (non-hydrogen) atoms. The van der Waals surface area contributed by atoms with Crippen molar-refractivity contribution in [1.29, 1.82) is 0 Å². The molecule has 9 heteroatoms. The van der Waals surface area contributed by atoms with E-state index in [4.69, 9.17) is 0 Å². The van der Waals surface area contributed by atoms with Gasteiger partial charge in [-0.15, -0.1) is 0 Å². The summed E-state index contributed by atoms with van der Waals surface area (Å²) < 4.78 is 37.8. The summed E-state index contributed by atoms with van der Waals surface area (Å²) in [5.41, 5.74) is -0.961. The predicted molar refractivity (Wildman–Crippen MR) is 79.2 cm³/mol. The lowest BCUT2D eigenvalue weighted by atomic mass is 9.85. The maximum atomic E-state index is 12.8. The molecule has 0 bridgehead atoms. The molecule has 2 saturated carbocycles. The van der Waals surface area contributed by atoms with Crippen LogP contribution in [0.2, 0.25) is 0 Å². The van der Waals surface area contributed by atoms with Crippen LogP contribution >= 0.6 is 0 Å². The molecule has 4 atom stereocenters. The zero-order valence-electron chi connectivity index (χ0n) is 14.2. The first-order valence-corrected chi connectivity index (χ1v) is 8.22. The smallest absolute Gasteiger partial charge is 0.471 e. The fourth-order valence-corrected chi connectivity index (χ4v) is 4.35. The first-order chi connectivity index (χ1) is 11.3.